The second-order valence-electron chi connectivity index (χ2n) is 6.45. The van der Waals surface area contributed by atoms with Crippen molar-refractivity contribution in [1.29, 1.82) is 0 Å². The molecule has 1 aromatic heterocycles. The van der Waals surface area contributed by atoms with Crippen LogP contribution in [-0.2, 0) is 6.54 Å². The topological polar surface area (TPSA) is 60.9 Å². The van der Waals surface area contributed by atoms with E-state index in [2.05, 4.69) is 44.9 Å². The minimum Gasteiger partial charge on any atom is -0.324 e. The van der Waals surface area contributed by atoms with Gasteiger partial charge in [-0.05, 0) is 49.9 Å². The van der Waals surface area contributed by atoms with E-state index >= 15 is 0 Å². The molecule has 0 bridgehead atoms. The average Bonchev–Trinajstić information content (AvgIpc) is 2.43. The van der Waals surface area contributed by atoms with E-state index < -0.39 is 0 Å². The molecule has 0 spiro atoms. The van der Waals surface area contributed by atoms with Gasteiger partial charge in [0.25, 0.3) is 5.56 Å². The first-order valence-electron chi connectivity index (χ1n) is 7.75. The van der Waals surface area contributed by atoms with Crippen LogP contribution in [0, 0.1) is 19.8 Å². The molecule has 2 N–H and O–H groups in total. The lowest BCUT2D eigenvalue weighted by Crippen LogP contribution is -2.31. The Kier molecular flexibility index (Phi) is 4.81. The maximum absolute atomic E-state index is 12.5. The second-order valence-corrected chi connectivity index (χ2v) is 6.45. The fourth-order valence-corrected chi connectivity index (χ4v) is 2.40. The van der Waals surface area contributed by atoms with Gasteiger partial charge in [-0.3, -0.25) is 4.79 Å². The van der Waals surface area contributed by atoms with Crippen LogP contribution in [-0.4, -0.2) is 9.78 Å². The summed E-state index contributed by atoms with van der Waals surface area (Å²) in [5.74, 6) is 0.348. The molecule has 1 heterocycles. The van der Waals surface area contributed by atoms with Crippen molar-refractivity contribution in [2.45, 2.75) is 47.2 Å². The monoisotopic (exact) mass is 299 g/mol. The molecule has 0 saturated heterocycles. The maximum atomic E-state index is 12.5. The van der Waals surface area contributed by atoms with Crippen molar-refractivity contribution in [3.8, 4) is 11.3 Å². The molecular weight excluding hydrogens is 274 g/mol. The number of aryl methyl sites for hydroxylation is 2. The van der Waals surface area contributed by atoms with E-state index in [1.54, 1.807) is 4.68 Å². The standard InChI is InChI=1S/C18H25N3O/c1-11(2)10-21-18(22)16(14(5)19)9-17(20-21)15-7-6-12(3)13(4)8-15/h6-9,11,14H,10,19H2,1-5H3. The Morgan fingerprint density at radius 3 is 2.36 bits per heavy atom. The third kappa shape index (κ3) is 3.45. The van der Waals surface area contributed by atoms with Crippen molar-refractivity contribution in [3.63, 3.8) is 0 Å². The van der Waals surface area contributed by atoms with Crippen LogP contribution in [0.15, 0.2) is 29.1 Å². The van der Waals surface area contributed by atoms with Crippen LogP contribution in [0.5, 0.6) is 0 Å². The van der Waals surface area contributed by atoms with E-state index in [0.717, 1.165) is 11.3 Å². The Bertz CT molecular complexity index is 730. The Labute approximate surface area is 132 Å². The van der Waals surface area contributed by atoms with Crippen molar-refractivity contribution in [1.82, 2.24) is 9.78 Å². The number of hydrogen-bond acceptors (Lipinski definition) is 3. The van der Waals surface area contributed by atoms with Gasteiger partial charge in [-0.1, -0.05) is 26.0 Å². The predicted octanol–water partition coefficient (Wildman–Crippen LogP) is 3.20. The number of aromatic nitrogens is 2. The molecule has 0 amide bonds. The molecular formula is C18H25N3O. The van der Waals surface area contributed by atoms with Gasteiger partial charge in [0.05, 0.1) is 5.69 Å². The number of nitrogens with zero attached hydrogens (tertiary/aromatic N) is 2. The normalized spacial score (nSPS) is 12.7. The van der Waals surface area contributed by atoms with Gasteiger partial charge in [-0.15, -0.1) is 0 Å². The first-order valence-corrected chi connectivity index (χ1v) is 7.75. The summed E-state index contributed by atoms with van der Waals surface area (Å²) < 4.78 is 1.55. The second kappa shape index (κ2) is 6.44. The summed E-state index contributed by atoms with van der Waals surface area (Å²) in [6.45, 7) is 10.7. The molecule has 2 aromatic rings. The summed E-state index contributed by atoms with van der Waals surface area (Å²) in [7, 11) is 0. The average molecular weight is 299 g/mol. The summed E-state index contributed by atoms with van der Waals surface area (Å²) in [6.07, 6.45) is 0. The van der Waals surface area contributed by atoms with Crippen molar-refractivity contribution in [2.24, 2.45) is 11.7 Å². The maximum Gasteiger partial charge on any atom is 0.271 e. The molecule has 4 heteroatoms. The fraction of sp³-hybridized carbons (Fsp3) is 0.444. The highest BCUT2D eigenvalue weighted by atomic mass is 16.1. The highest BCUT2D eigenvalue weighted by Gasteiger charge is 2.14. The van der Waals surface area contributed by atoms with E-state index in [1.165, 1.54) is 11.1 Å². The van der Waals surface area contributed by atoms with Gasteiger partial charge in [0.2, 0.25) is 0 Å². The van der Waals surface area contributed by atoms with Crippen LogP contribution < -0.4 is 11.3 Å². The molecule has 1 atom stereocenters. The fourth-order valence-electron chi connectivity index (χ4n) is 2.40. The molecule has 1 unspecified atom stereocenters. The molecule has 0 aliphatic heterocycles. The van der Waals surface area contributed by atoms with Gasteiger partial charge in [0.1, 0.15) is 0 Å². The van der Waals surface area contributed by atoms with E-state index in [1.807, 2.05) is 19.1 Å². The van der Waals surface area contributed by atoms with Crippen molar-refractivity contribution in [3.05, 3.63) is 51.3 Å². The lowest BCUT2D eigenvalue weighted by Gasteiger charge is -2.14. The van der Waals surface area contributed by atoms with Crippen LogP contribution in [0.2, 0.25) is 0 Å². The smallest absolute Gasteiger partial charge is 0.271 e. The largest absolute Gasteiger partial charge is 0.324 e. The van der Waals surface area contributed by atoms with Gasteiger partial charge in [0, 0.05) is 23.7 Å². The molecule has 0 saturated carbocycles. The van der Waals surface area contributed by atoms with Crippen LogP contribution in [0.25, 0.3) is 11.3 Å². The number of benzene rings is 1. The lowest BCUT2D eigenvalue weighted by molar-refractivity contribution is 0.460. The predicted molar refractivity (Wildman–Crippen MR) is 90.8 cm³/mol. The van der Waals surface area contributed by atoms with E-state index in [9.17, 15) is 4.79 Å². The number of nitrogens with two attached hydrogens (primary N) is 1. The zero-order chi connectivity index (χ0) is 16.4. The molecule has 2 rings (SSSR count). The van der Waals surface area contributed by atoms with Crippen LogP contribution in [0.4, 0.5) is 0 Å². The number of rotatable bonds is 4. The lowest BCUT2D eigenvalue weighted by atomic mass is 10.0. The molecule has 118 valence electrons. The minimum atomic E-state index is -0.306. The molecule has 0 fully saturated rings. The Morgan fingerprint density at radius 1 is 1.14 bits per heavy atom. The summed E-state index contributed by atoms with van der Waals surface area (Å²) in [6, 6.07) is 7.75. The Hall–Kier alpha value is -1.94. The van der Waals surface area contributed by atoms with Gasteiger partial charge >= 0.3 is 0 Å². The van der Waals surface area contributed by atoms with Gasteiger partial charge in [0.15, 0.2) is 0 Å². The molecule has 0 aliphatic rings. The van der Waals surface area contributed by atoms with Gasteiger partial charge in [-0.25, -0.2) is 4.68 Å². The van der Waals surface area contributed by atoms with Crippen LogP contribution in [0.3, 0.4) is 0 Å². The van der Waals surface area contributed by atoms with Crippen molar-refractivity contribution < 1.29 is 0 Å². The van der Waals surface area contributed by atoms with E-state index in [-0.39, 0.29) is 11.6 Å². The third-order valence-corrected chi connectivity index (χ3v) is 3.83. The van der Waals surface area contributed by atoms with Gasteiger partial charge in [-0.2, -0.15) is 5.10 Å². The van der Waals surface area contributed by atoms with Gasteiger partial charge < -0.3 is 5.73 Å². The Morgan fingerprint density at radius 2 is 1.82 bits per heavy atom. The summed E-state index contributed by atoms with van der Waals surface area (Å²) in [5, 5.41) is 4.55. The quantitative estimate of drug-likeness (QED) is 0.943. The van der Waals surface area contributed by atoms with E-state index in [4.69, 9.17) is 5.73 Å². The minimum absolute atomic E-state index is 0.0868. The molecule has 0 aliphatic carbocycles. The zero-order valence-corrected chi connectivity index (χ0v) is 14.1. The molecule has 22 heavy (non-hydrogen) atoms. The first kappa shape index (κ1) is 16.4. The highest BCUT2D eigenvalue weighted by molar-refractivity contribution is 5.61. The SMILES string of the molecule is Cc1ccc(-c2cc(C(C)N)c(=O)n(CC(C)C)n2)cc1C. The van der Waals surface area contributed by atoms with Crippen molar-refractivity contribution >= 4 is 0 Å². The molecule has 1 aromatic carbocycles. The van der Waals surface area contributed by atoms with E-state index in [0.29, 0.717) is 18.0 Å². The third-order valence-electron chi connectivity index (χ3n) is 3.83. The molecule has 4 nitrogen and oxygen atoms in total. The van der Waals surface area contributed by atoms with Crippen LogP contribution >= 0.6 is 0 Å². The summed E-state index contributed by atoms with van der Waals surface area (Å²) in [5.41, 5.74) is 10.8. The summed E-state index contributed by atoms with van der Waals surface area (Å²) in [4.78, 5) is 12.5. The Balaban J connectivity index is 2.62. The highest BCUT2D eigenvalue weighted by Crippen LogP contribution is 2.21. The summed E-state index contributed by atoms with van der Waals surface area (Å²) >= 11 is 0. The first-order chi connectivity index (χ1) is 10.3. The molecule has 0 radical (unpaired) electrons. The van der Waals surface area contributed by atoms with Crippen LogP contribution in [0.1, 0.15) is 43.5 Å². The van der Waals surface area contributed by atoms with Crippen molar-refractivity contribution in [2.75, 3.05) is 0 Å². The number of hydrogen-bond donors (Lipinski definition) is 1. The zero-order valence-electron chi connectivity index (χ0n) is 14.1.